The smallest absolute Gasteiger partial charge is 0.279 e. The van der Waals surface area contributed by atoms with Crippen LogP contribution in [0.3, 0.4) is 0 Å². The van der Waals surface area contributed by atoms with Gasteiger partial charge in [-0.2, -0.15) is 33.7 Å². The molecule has 2 amide bonds. The Bertz CT molecular complexity index is 5410. The second kappa shape index (κ2) is 52.3. The number of benzene rings is 7. The maximum Gasteiger partial charge on any atom is 0.279 e. The molecule has 0 fully saturated rings. The second-order valence-corrected chi connectivity index (χ2v) is 42.7. The van der Waals surface area contributed by atoms with E-state index in [-0.39, 0.29) is 77.9 Å². The Balaban J connectivity index is 0.000000230. The van der Waals surface area contributed by atoms with E-state index in [2.05, 4.69) is 146 Å². The first-order valence-electron chi connectivity index (χ1n) is 42.2. The van der Waals surface area contributed by atoms with Gasteiger partial charge in [-0.3, -0.25) is 48.5 Å². The van der Waals surface area contributed by atoms with Gasteiger partial charge in [0.1, 0.15) is 28.6 Å². The third kappa shape index (κ3) is 36.7. The van der Waals surface area contributed by atoms with Gasteiger partial charge < -0.3 is 50.1 Å². The number of nitrogens with one attached hydrogen (secondary N) is 8. The highest BCUT2D eigenvalue weighted by atomic mass is 35.5. The summed E-state index contributed by atoms with van der Waals surface area (Å²) in [5.74, 6) is -0.211. The lowest BCUT2D eigenvalue weighted by molar-refractivity contribution is -0.894. The number of unbranched alkanes of at least 4 members (excludes halogenated alkanes) is 2. The van der Waals surface area contributed by atoms with Crippen molar-refractivity contribution in [3.63, 3.8) is 0 Å². The fourth-order valence-corrected chi connectivity index (χ4v) is 20.7. The molecule has 0 radical (unpaired) electrons. The summed E-state index contributed by atoms with van der Waals surface area (Å²) in [6.07, 6.45) is 12.8. The zero-order chi connectivity index (χ0) is 93.3. The SMILES string of the molecule is CCC(/C=C1\Sc2ccc(C)cc2N1CCNCCS(=O)(=O)O)=C\C1Sc2ccc(C)cc2[NH+]1CCCCCS(=O)(=O)O.CCC(/C=C1\Sc2ccc(Cl)cc2N1CCNCCS(=O)(=O)O)=C\C1Sc2ccc(Cl)cc2[NH+]1CC(=O)NCCS(=O)(=O)O.CCC(C)Oc1ccc(NNC(=O)C(C)Oc2ccc(OOSc3ccc(O)cc3)cc2)cc1.CC[NH+](CC)CC. The summed E-state index contributed by atoms with van der Waals surface area (Å²) >= 11 is 20.4. The van der Waals surface area contributed by atoms with E-state index in [9.17, 15) is 48.4 Å². The van der Waals surface area contributed by atoms with Crippen LogP contribution in [0.5, 0.6) is 23.0 Å². The summed E-state index contributed by atoms with van der Waals surface area (Å²) in [7, 11) is -16.2. The third-order valence-electron chi connectivity index (χ3n) is 20.4. The molecule has 7 aromatic carbocycles. The Morgan fingerprint density at radius 3 is 1.55 bits per heavy atom. The minimum Gasteiger partial charge on any atom is -0.508 e. The lowest BCUT2D eigenvalue weighted by Crippen LogP contribution is -3.11. The Morgan fingerprint density at radius 2 is 1.02 bits per heavy atom. The van der Waals surface area contributed by atoms with E-state index >= 15 is 0 Å². The van der Waals surface area contributed by atoms with E-state index in [1.165, 1.54) is 56.7 Å². The Kier molecular flexibility index (Phi) is 43.3. The summed E-state index contributed by atoms with van der Waals surface area (Å²) < 4.78 is 141. The zero-order valence-corrected chi connectivity index (χ0v) is 82.2. The van der Waals surface area contributed by atoms with E-state index in [1.54, 1.807) is 102 Å². The summed E-state index contributed by atoms with van der Waals surface area (Å²) in [6.45, 7) is 27.8. The van der Waals surface area contributed by atoms with E-state index < -0.39 is 52.3 Å². The minimum atomic E-state index is -4.20. The Hall–Kier alpha value is -7.23. The Morgan fingerprint density at radius 1 is 0.547 bits per heavy atom. The maximum absolute atomic E-state index is 12.8. The van der Waals surface area contributed by atoms with Gasteiger partial charge in [-0.25, -0.2) is 0 Å². The van der Waals surface area contributed by atoms with Crippen LogP contribution in [0.2, 0.25) is 10.0 Å². The molecule has 0 aromatic heterocycles. The monoisotopic (exact) mass is 1980 g/mol. The van der Waals surface area contributed by atoms with E-state index in [0.717, 1.165) is 108 Å². The molecule has 0 aliphatic carbocycles. The maximum atomic E-state index is 12.8. The standard InChI is InChI=1S/C30H41N3O6S4.C27H32Cl2N4O7S4.C25H28N2O6S.C6H15N/c1-4-24(20-29-32(14-6-5-7-16-42(34,35)36)25-18-22(2)8-10-27(25)40-29)21-30-33(15-12-31-13-17-43(37,38)39)26-19-23(3)9-11-28(26)41-30;1-2-18(13-26-32(10-7-30-8-11-43(35,36)37)21-15-19(28)3-5-23(21)41-26)14-27-33(17-25(34)31-9-12-44(38,39)40)22-16-20(29)4-6-24(22)42-27;1-4-17(2)30-21-9-5-19(6-10-21)26-27-25(29)18(3)31-22-11-13-23(14-12-22)32-33-34-24-15-7-20(28)8-16-24;1-4-7(5-2)6-3/h8-11,18-21,29,31H,4-7,12-17H2,1-3H3,(H,34,35,36)(H,37,38,39);3-6,13-16,27,30H,2,7-12,17H2,1H3,(H,31,34)(H,35,36,37)(H,38,39,40);5-18,26,28H,4H2,1-3H3,(H,27,29);4-6H2,1-3H3/p+3/b24-20+,30-21-;18-14+,26-13-;;. The van der Waals surface area contributed by atoms with Gasteiger partial charge in [-0.05, 0) is 255 Å². The van der Waals surface area contributed by atoms with E-state index in [0.29, 0.717) is 60.6 Å². The fourth-order valence-electron chi connectivity index (χ4n) is 13.2. The van der Waals surface area contributed by atoms with Gasteiger partial charge in [0, 0.05) is 82.7 Å². The van der Waals surface area contributed by atoms with Crippen LogP contribution in [-0.2, 0) is 54.4 Å². The molecule has 0 spiro atoms. The first-order chi connectivity index (χ1) is 60.8. The summed E-state index contributed by atoms with van der Waals surface area (Å²) in [4.78, 5) is 43.9. The number of fused-ring (bicyclic) bond motifs is 4. The molecule has 4 aliphatic rings. The largest absolute Gasteiger partial charge is 0.508 e. The van der Waals surface area contributed by atoms with Crippen LogP contribution in [0.25, 0.3) is 0 Å². The molecule has 13 N–H and O–H groups in total. The van der Waals surface area contributed by atoms with E-state index in [1.807, 2.05) is 80.2 Å². The lowest BCUT2D eigenvalue weighted by Gasteiger charge is -2.22. The molecule has 700 valence electrons. The first-order valence-corrected chi connectivity index (χ1v) is 53.5. The number of halogens is 2. The number of anilines is 3. The number of aryl methyl sites for hydroxylation is 2. The molecule has 7 aromatic rings. The van der Waals surface area contributed by atoms with Gasteiger partial charge in [-0.15, -0.1) is 4.33 Å². The number of carbonyl (C=O) groups excluding carboxylic acids is 2. The summed E-state index contributed by atoms with van der Waals surface area (Å²) in [5.41, 5.74) is 15.1. The van der Waals surface area contributed by atoms with Crippen LogP contribution in [0, 0.1) is 13.8 Å². The van der Waals surface area contributed by atoms with Crippen molar-refractivity contribution < 1.29 is 100.0 Å². The fraction of sp³-hybridized carbons (Fsp3) is 0.409. The number of carbonyl (C=O) groups is 2. The predicted molar refractivity (Wildman–Crippen MR) is 516 cm³/mol. The molecule has 40 heteroatoms. The van der Waals surface area contributed by atoms with Crippen LogP contribution in [0.1, 0.15) is 105 Å². The minimum absolute atomic E-state index is 0.0284. The number of aromatic hydroxyl groups is 1. The third-order valence-corrected chi connectivity index (χ3v) is 29.2. The second-order valence-electron chi connectivity index (χ2n) is 30.2. The number of nitrogens with zero attached hydrogens (tertiary/aromatic N) is 2. The normalized spacial score (nSPS) is 17.1. The lowest BCUT2D eigenvalue weighted by atomic mass is 10.1. The number of thioether (sulfide) groups is 4. The number of hydrazine groups is 1. The highest BCUT2D eigenvalue weighted by molar-refractivity contribution is 8.04. The van der Waals surface area contributed by atoms with Gasteiger partial charge in [-0.1, -0.05) is 103 Å². The number of hydrogen-bond acceptors (Lipinski definition) is 25. The van der Waals surface area contributed by atoms with Crippen LogP contribution >= 0.6 is 82.3 Å². The number of ether oxygens (including phenoxy) is 2. The molecule has 0 bridgehead atoms. The van der Waals surface area contributed by atoms with Gasteiger partial charge in [0.2, 0.25) is 0 Å². The van der Waals surface area contributed by atoms with Crippen molar-refractivity contribution in [2.24, 2.45) is 0 Å². The first kappa shape index (κ1) is 106. The van der Waals surface area contributed by atoms with Crippen molar-refractivity contribution >= 4 is 163 Å². The van der Waals surface area contributed by atoms with Crippen LogP contribution in [0.4, 0.5) is 28.4 Å². The van der Waals surface area contributed by atoms with Crippen LogP contribution < -0.4 is 65.7 Å². The molecule has 0 saturated carbocycles. The molecule has 4 heterocycles. The Labute approximate surface area is 785 Å². The number of hydrogen-bond donors (Lipinski definition) is 13. The van der Waals surface area contributed by atoms with Gasteiger partial charge in [0.05, 0.1) is 104 Å². The topological polar surface area (TPSA) is 389 Å². The van der Waals surface area contributed by atoms with Crippen LogP contribution in [-0.4, -0.2) is 193 Å². The van der Waals surface area contributed by atoms with Crippen molar-refractivity contribution in [3.05, 3.63) is 212 Å². The average Bonchev–Trinajstić information content (AvgIpc) is 1.67. The molecule has 6 unspecified atom stereocenters. The number of amides is 2. The van der Waals surface area contributed by atoms with E-state index in [4.69, 9.17) is 60.1 Å². The molecule has 29 nitrogen and oxygen atoms in total. The van der Waals surface area contributed by atoms with Gasteiger partial charge >= 0.3 is 0 Å². The van der Waals surface area contributed by atoms with Crippen molar-refractivity contribution in [3.8, 4) is 23.0 Å². The number of allylic oxidation sites excluding steroid dienone is 4. The molecular weight excluding hydrogens is 1860 g/mol. The van der Waals surface area contributed by atoms with Gasteiger partial charge in [0.25, 0.3) is 52.3 Å². The summed E-state index contributed by atoms with van der Waals surface area (Å²) in [5, 5.41) is 21.2. The molecule has 4 aliphatic heterocycles. The molecular formula is C88H119Cl2N10O19S9+3. The number of phenols is 1. The van der Waals surface area contributed by atoms with Gasteiger partial charge in [0.15, 0.2) is 29.1 Å². The quantitative estimate of drug-likeness (QED) is 0.00554. The molecule has 128 heavy (non-hydrogen) atoms. The zero-order valence-electron chi connectivity index (χ0n) is 73.3. The summed E-state index contributed by atoms with van der Waals surface area (Å²) in [6, 6.07) is 44.8. The molecule has 6 atom stereocenters. The number of rotatable bonds is 44. The highest BCUT2D eigenvalue weighted by Crippen LogP contribution is 2.49. The van der Waals surface area contributed by atoms with Crippen LogP contribution in [0.15, 0.2) is 216 Å². The van der Waals surface area contributed by atoms with Crippen molar-refractivity contribution in [2.75, 3.05) is 117 Å². The van der Waals surface area contributed by atoms with Crippen molar-refractivity contribution in [1.82, 2.24) is 21.4 Å². The molecule has 0 saturated heterocycles. The molecule has 11 rings (SSSR count). The highest BCUT2D eigenvalue weighted by Gasteiger charge is 2.38. The number of quaternary nitrogens is 3. The van der Waals surface area contributed by atoms with Crippen molar-refractivity contribution in [2.45, 2.75) is 155 Å². The van der Waals surface area contributed by atoms with Crippen molar-refractivity contribution in [1.29, 1.82) is 0 Å². The average molecular weight is 1980 g/mol. The number of phenolic OH excluding ortho intramolecular Hbond substituents is 1. The predicted octanol–water partition coefficient (Wildman–Crippen LogP) is 13.2.